The average Bonchev–Trinajstić information content (AvgIpc) is 2.63. The van der Waals surface area contributed by atoms with E-state index in [0.717, 1.165) is 5.56 Å². The molecule has 18 heavy (non-hydrogen) atoms. The molecule has 3 N–H and O–H groups in total. The van der Waals surface area contributed by atoms with Gasteiger partial charge in [0.15, 0.2) is 5.58 Å². The number of nitrogens with zero attached hydrogens (tertiary/aromatic N) is 1. The highest BCUT2D eigenvalue weighted by molar-refractivity contribution is 5.81. The summed E-state index contributed by atoms with van der Waals surface area (Å²) >= 11 is 0. The van der Waals surface area contributed by atoms with Gasteiger partial charge in [-0.15, -0.1) is 0 Å². The molecule has 1 aromatic carbocycles. The first-order chi connectivity index (χ1) is 8.61. The quantitative estimate of drug-likeness (QED) is 0.781. The molecule has 2 rings (SSSR count). The van der Waals surface area contributed by atoms with Crippen molar-refractivity contribution in [1.29, 1.82) is 0 Å². The van der Waals surface area contributed by atoms with Crippen molar-refractivity contribution in [1.82, 2.24) is 9.88 Å². The summed E-state index contributed by atoms with van der Waals surface area (Å²) in [5.41, 5.74) is 7.34. The van der Waals surface area contributed by atoms with E-state index in [4.69, 9.17) is 10.2 Å². The van der Waals surface area contributed by atoms with Gasteiger partial charge in [0.1, 0.15) is 0 Å². The lowest BCUT2D eigenvalue weighted by atomic mass is 10.1. The Kier molecular flexibility index (Phi) is 3.47. The van der Waals surface area contributed by atoms with Crippen molar-refractivity contribution >= 4 is 17.0 Å². The van der Waals surface area contributed by atoms with Crippen LogP contribution in [-0.2, 0) is 18.3 Å². The molecule has 0 bridgehead atoms. The molecule has 0 aliphatic carbocycles. The van der Waals surface area contributed by atoms with Crippen LogP contribution in [0.1, 0.15) is 5.56 Å². The van der Waals surface area contributed by atoms with E-state index in [-0.39, 0.29) is 12.3 Å². The van der Waals surface area contributed by atoms with Crippen molar-refractivity contribution in [2.45, 2.75) is 6.42 Å². The lowest BCUT2D eigenvalue weighted by Gasteiger charge is -2.03. The number of fused-ring (bicyclic) bond motifs is 1. The highest BCUT2D eigenvalue weighted by Gasteiger charge is 2.08. The van der Waals surface area contributed by atoms with Gasteiger partial charge >= 0.3 is 5.76 Å². The van der Waals surface area contributed by atoms with Gasteiger partial charge in [-0.05, 0) is 17.7 Å². The number of aryl methyl sites for hydroxylation is 1. The third-order valence-electron chi connectivity index (χ3n) is 2.69. The Labute approximate surface area is 103 Å². The smallest absolute Gasteiger partial charge is 0.408 e. The molecule has 96 valence electrons. The maximum Gasteiger partial charge on any atom is 0.419 e. The monoisotopic (exact) mass is 249 g/mol. The van der Waals surface area contributed by atoms with Gasteiger partial charge in [-0.1, -0.05) is 6.07 Å². The van der Waals surface area contributed by atoms with Crippen LogP contribution in [-0.4, -0.2) is 23.6 Å². The lowest BCUT2D eigenvalue weighted by molar-refractivity contribution is -0.120. The predicted molar refractivity (Wildman–Crippen MR) is 67.2 cm³/mol. The van der Waals surface area contributed by atoms with E-state index in [0.29, 0.717) is 24.2 Å². The SMILES string of the molecule is Cn1c(=O)oc2ccc(CC(=O)NCCN)cc21. The van der Waals surface area contributed by atoms with E-state index in [2.05, 4.69) is 5.32 Å². The molecule has 0 atom stereocenters. The Morgan fingerprint density at radius 2 is 2.28 bits per heavy atom. The van der Waals surface area contributed by atoms with Crippen LogP contribution < -0.4 is 16.8 Å². The summed E-state index contributed by atoms with van der Waals surface area (Å²) in [4.78, 5) is 22.9. The summed E-state index contributed by atoms with van der Waals surface area (Å²) < 4.78 is 6.43. The minimum absolute atomic E-state index is 0.0895. The number of carbonyl (C=O) groups excluding carboxylic acids is 1. The van der Waals surface area contributed by atoms with E-state index < -0.39 is 5.76 Å². The molecule has 0 unspecified atom stereocenters. The van der Waals surface area contributed by atoms with Crippen LogP contribution in [0, 0.1) is 0 Å². The summed E-state index contributed by atoms with van der Waals surface area (Å²) in [6.45, 7) is 0.881. The molecule has 0 aliphatic rings. The third-order valence-corrected chi connectivity index (χ3v) is 2.69. The Morgan fingerprint density at radius 3 is 3.00 bits per heavy atom. The van der Waals surface area contributed by atoms with Crippen molar-refractivity contribution in [3.8, 4) is 0 Å². The number of hydrogen-bond acceptors (Lipinski definition) is 4. The average molecular weight is 249 g/mol. The van der Waals surface area contributed by atoms with E-state index >= 15 is 0 Å². The number of carbonyl (C=O) groups is 1. The number of benzene rings is 1. The Hall–Kier alpha value is -2.08. The minimum atomic E-state index is -0.408. The number of amides is 1. The third kappa shape index (κ3) is 2.43. The normalized spacial score (nSPS) is 10.8. The molecular weight excluding hydrogens is 234 g/mol. The molecule has 6 heteroatoms. The topological polar surface area (TPSA) is 90.3 Å². The summed E-state index contributed by atoms with van der Waals surface area (Å²) in [7, 11) is 1.63. The molecule has 0 saturated carbocycles. The lowest BCUT2D eigenvalue weighted by Crippen LogP contribution is -2.30. The molecule has 1 aromatic heterocycles. The zero-order chi connectivity index (χ0) is 13.1. The van der Waals surface area contributed by atoms with Gasteiger partial charge in [0.25, 0.3) is 0 Å². The summed E-state index contributed by atoms with van der Waals surface area (Å²) in [5.74, 6) is -0.497. The van der Waals surface area contributed by atoms with Crippen molar-refractivity contribution in [3.63, 3.8) is 0 Å². The van der Waals surface area contributed by atoms with Gasteiger partial charge in [-0.3, -0.25) is 9.36 Å². The molecule has 0 radical (unpaired) electrons. The zero-order valence-electron chi connectivity index (χ0n) is 10.1. The second-order valence-electron chi connectivity index (χ2n) is 4.04. The molecule has 1 amide bonds. The number of aromatic nitrogens is 1. The fraction of sp³-hybridized carbons (Fsp3) is 0.333. The number of nitrogens with one attached hydrogen (secondary N) is 1. The first-order valence-electron chi connectivity index (χ1n) is 5.67. The van der Waals surface area contributed by atoms with Crippen molar-refractivity contribution < 1.29 is 9.21 Å². The van der Waals surface area contributed by atoms with Crippen LogP contribution in [0.5, 0.6) is 0 Å². The maximum atomic E-state index is 11.5. The highest BCUT2D eigenvalue weighted by Crippen LogP contribution is 2.14. The van der Waals surface area contributed by atoms with Crippen LogP contribution in [0.15, 0.2) is 27.4 Å². The second-order valence-corrected chi connectivity index (χ2v) is 4.04. The van der Waals surface area contributed by atoms with Crippen LogP contribution in [0.4, 0.5) is 0 Å². The fourth-order valence-electron chi connectivity index (χ4n) is 1.74. The number of oxazole rings is 1. The van der Waals surface area contributed by atoms with E-state index in [1.165, 1.54) is 4.57 Å². The Balaban J connectivity index is 2.22. The van der Waals surface area contributed by atoms with Crippen LogP contribution in [0.25, 0.3) is 11.1 Å². The molecule has 2 aromatic rings. The maximum absolute atomic E-state index is 11.5. The fourth-order valence-corrected chi connectivity index (χ4v) is 1.74. The predicted octanol–water partition coefficient (Wildman–Crippen LogP) is -0.251. The number of rotatable bonds is 4. The van der Waals surface area contributed by atoms with E-state index in [9.17, 15) is 9.59 Å². The molecular formula is C12H15N3O3. The standard InChI is InChI=1S/C12H15N3O3/c1-15-9-6-8(7-11(16)14-5-4-13)2-3-10(9)18-12(15)17/h2-3,6H,4-5,7,13H2,1H3,(H,14,16). The van der Waals surface area contributed by atoms with Crippen LogP contribution in [0.2, 0.25) is 0 Å². The molecule has 6 nitrogen and oxygen atoms in total. The van der Waals surface area contributed by atoms with Crippen molar-refractivity contribution in [2.75, 3.05) is 13.1 Å². The number of nitrogens with two attached hydrogens (primary N) is 1. The highest BCUT2D eigenvalue weighted by atomic mass is 16.4. The first-order valence-corrected chi connectivity index (χ1v) is 5.67. The zero-order valence-corrected chi connectivity index (χ0v) is 10.1. The second kappa shape index (κ2) is 5.05. The van der Waals surface area contributed by atoms with Crippen LogP contribution in [0.3, 0.4) is 0 Å². The van der Waals surface area contributed by atoms with Gasteiger partial charge < -0.3 is 15.5 Å². The van der Waals surface area contributed by atoms with Gasteiger partial charge in [0.05, 0.1) is 11.9 Å². The van der Waals surface area contributed by atoms with Crippen molar-refractivity contribution in [2.24, 2.45) is 12.8 Å². The molecule has 0 saturated heterocycles. The molecule has 0 fully saturated rings. The summed E-state index contributed by atoms with van der Waals surface area (Å²) in [5, 5.41) is 2.69. The largest absolute Gasteiger partial charge is 0.419 e. The van der Waals surface area contributed by atoms with Gasteiger partial charge in [-0.2, -0.15) is 0 Å². The minimum Gasteiger partial charge on any atom is -0.408 e. The van der Waals surface area contributed by atoms with E-state index in [1.807, 2.05) is 0 Å². The first kappa shape index (κ1) is 12.4. The van der Waals surface area contributed by atoms with Gasteiger partial charge in [0.2, 0.25) is 5.91 Å². The van der Waals surface area contributed by atoms with Gasteiger partial charge in [-0.25, -0.2) is 4.79 Å². The molecule has 1 heterocycles. The Morgan fingerprint density at radius 1 is 1.50 bits per heavy atom. The summed E-state index contributed by atoms with van der Waals surface area (Å²) in [6, 6.07) is 5.25. The summed E-state index contributed by atoms with van der Waals surface area (Å²) in [6.07, 6.45) is 0.259. The molecule has 0 aliphatic heterocycles. The molecule has 0 spiro atoms. The number of hydrogen-bond donors (Lipinski definition) is 2. The van der Waals surface area contributed by atoms with E-state index in [1.54, 1.807) is 25.2 Å². The van der Waals surface area contributed by atoms with Crippen molar-refractivity contribution in [3.05, 3.63) is 34.3 Å². The van der Waals surface area contributed by atoms with Gasteiger partial charge in [0, 0.05) is 20.1 Å². The van der Waals surface area contributed by atoms with Crippen LogP contribution >= 0.6 is 0 Å². The Bertz CT molecular complexity index is 627.